The summed E-state index contributed by atoms with van der Waals surface area (Å²) in [6.07, 6.45) is 6.80. The first kappa shape index (κ1) is 11.3. The molecule has 17 heavy (non-hydrogen) atoms. The monoisotopic (exact) mass is 252 g/mol. The van der Waals surface area contributed by atoms with Crippen molar-refractivity contribution in [3.05, 3.63) is 4.77 Å². The summed E-state index contributed by atoms with van der Waals surface area (Å²) in [7, 11) is 0. The lowest BCUT2D eigenvalue weighted by atomic mass is 9.92. The molecule has 0 amide bonds. The van der Waals surface area contributed by atoms with Crippen LogP contribution in [0.5, 0.6) is 0 Å². The predicted octanol–water partition coefficient (Wildman–Crippen LogP) is 2.73. The van der Waals surface area contributed by atoms with E-state index in [2.05, 4.69) is 26.6 Å². The largest absolute Gasteiger partial charge is 0.338 e. The van der Waals surface area contributed by atoms with Crippen LogP contribution in [0.2, 0.25) is 0 Å². The van der Waals surface area contributed by atoms with Gasteiger partial charge >= 0.3 is 0 Å². The molecule has 0 aromatic carbocycles. The predicted molar refractivity (Wildman–Crippen MR) is 70.8 cm³/mol. The molecule has 94 valence electrons. The quantitative estimate of drug-likeness (QED) is 0.822. The average Bonchev–Trinajstić information content (AvgIpc) is 2.94. The van der Waals surface area contributed by atoms with Crippen molar-refractivity contribution < 1.29 is 0 Å². The first-order valence-electron chi connectivity index (χ1n) is 6.73. The third kappa shape index (κ3) is 1.80. The number of rotatable bonds is 2. The van der Waals surface area contributed by atoms with Crippen molar-refractivity contribution in [1.82, 2.24) is 14.8 Å². The molecule has 1 saturated heterocycles. The maximum absolute atomic E-state index is 5.28. The van der Waals surface area contributed by atoms with Crippen LogP contribution in [0.25, 0.3) is 0 Å². The summed E-state index contributed by atoms with van der Waals surface area (Å²) in [4.78, 5) is 2.50. The Morgan fingerprint density at radius 2 is 2.18 bits per heavy atom. The van der Waals surface area contributed by atoms with Gasteiger partial charge in [0.25, 0.3) is 0 Å². The Labute approximate surface area is 107 Å². The number of hydrogen-bond donors (Lipinski definition) is 1. The van der Waals surface area contributed by atoms with E-state index in [9.17, 15) is 0 Å². The second kappa shape index (κ2) is 4.44. The molecule has 3 rings (SSSR count). The molecule has 0 spiro atoms. The molecule has 2 atom stereocenters. The lowest BCUT2D eigenvalue weighted by Gasteiger charge is -2.38. The molecule has 2 fully saturated rings. The van der Waals surface area contributed by atoms with Crippen LogP contribution in [-0.2, 0) is 6.54 Å². The van der Waals surface area contributed by atoms with E-state index < -0.39 is 0 Å². The van der Waals surface area contributed by atoms with E-state index in [1.165, 1.54) is 32.1 Å². The second-order valence-electron chi connectivity index (χ2n) is 5.17. The van der Waals surface area contributed by atoms with Gasteiger partial charge in [-0.3, -0.25) is 4.57 Å². The number of nitrogens with one attached hydrogen (secondary N) is 1. The Morgan fingerprint density at radius 3 is 3.00 bits per heavy atom. The zero-order valence-electron chi connectivity index (χ0n) is 10.4. The molecule has 0 radical (unpaired) electrons. The van der Waals surface area contributed by atoms with Crippen molar-refractivity contribution in [3.8, 4) is 0 Å². The molecule has 2 heterocycles. The Hall–Kier alpha value is -0.840. The normalized spacial score (nSPS) is 28.4. The van der Waals surface area contributed by atoms with E-state index in [-0.39, 0.29) is 0 Å². The van der Waals surface area contributed by atoms with E-state index in [4.69, 9.17) is 12.2 Å². The third-order valence-electron chi connectivity index (χ3n) is 4.30. The molecular weight excluding hydrogens is 232 g/mol. The first-order valence-corrected chi connectivity index (χ1v) is 7.14. The maximum atomic E-state index is 5.28. The van der Waals surface area contributed by atoms with Crippen LogP contribution in [0.3, 0.4) is 0 Å². The number of aromatic amines is 1. The topological polar surface area (TPSA) is 36.9 Å². The van der Waals surface area contributed by atoms with Gasteiger partial charge in [0.1, 0.15) is 0 Å². The SMILES string of the molecule is CCn1c(N2CCCC3CCCC32)n[nH]c1=S. The first-order chi connectivity index (χ1) is 8.31. The molecule has 2 aliphatic rings. The second-order valence-corrected chi connectivity index (χ2v) is 5.55. The van der Waals surface area contributed by atoms with Gasteiger partial charge in [0.05, 0.1) is 0 Å². The highest BCUT2D eigenvalue weighted by molar-refractivity contribution is 7.71. The Morgan fingerprint density at radius 1 is 1.35 bits per heavy atom. The molecule has 1 aliphatic carbocycles. The summed E-state index contributed by atoms with van der Waals surface area (Å²) in [6, 6.07) is 0.708. The molecule has 4 nitrogen and oxygen atoms in total. The summed E-state index contributed by atoms with van der Waals surface area (Å²) >= 11 is 5.28. The minimum Gasteiger partial charge on any atom is -0.338 e. The number of piperidine rings is 1. The summed E-state index contributed by atoms with van der Waals surface area (Å²) in [6.45, 7) is 4.17. The van der Waals surface area contributed by atoms with Crippen molar-refractivity contribution in [2.45, 2.75) is 51.6 Å². The molecular formula is C12H20N4S. The van der Waals surface area contributed by atoms with Gasteiger partial charge in [-0.1, -0.05) is 6.42 Å². The summed E-state index contributed by atoms with van der Waals surface area (Å²) < 4.78 is 2.87. The van der Waals surface area contributed by atoms with Gasteiger partial charge in [0.15, 0.2) is 4.77 Å². The van der Waals surface area contributed by atoms with E-state index in [1.807, 2.05) is 0 Å². The maximum Gasteiger partial charge on any atom is 0.225 e. The summed E-state index contributed by atoms with van der Waals surface area (Å²) in [5.74, 6) is 1.95. The Bertz CT molecular complexity index is 450. The number of aromatic nitrogens is 3. The Kier molecular flexibility index (Phi) is 2.94. The van der Waals surface area contributed by atoms with Crippen molar-refractivity contribution >= 4 is 18.2 Å². The van der Waals surface area contributed by atoms with Crippen LogP contribution in [0.15, 0.2) is 0 Å². The zero-order valence-corrected chi connectivity index (χ0v) is 11.2. The molecule has 1 saturated carbocycles. The number of anilines is 1. The van der Waals surface area contributed by atoms with Gasteiger partial charge in [-0.05, 0) is 50.7 Å². The fourth-order valence-corrected chi connectivity index (χ4v) is 3.77. The van der Waals surface area contributed by atoms with Crippen LogP contribution in [-0.4, -0.2) is 27.4 Å². The van der Waals surface area contributed by atoms with Crippen molar-refractivity contribution in [2.75, 3.05) is 11.4 Å². The lowest BCUT2D eigenvalue weighted by Crippen LogP contribution is -2.44. The van der Waals surface area contributed by atoms with Gasteiger partial charge in [-0.15, -0.1) is 5.10 Å². The van der Waals surface area contributed by atoms with E-state index >= 15 is 0 Å². The van der Waals surface area contributed by atoms with Gasteiger partial charge in [0, 0.05) is 19.1 Å². The number of H-pyrrole nitrogens is 1. The molecule has 5 heteroatoms. The van der Waals surface area contributed by atoms with E-state index in [0.717, 1.165) is 29.7 Å². The minimum atomic E-state index is 0.708. The van der Waals surface area contributed by atoms with Gasteiger partial charge in [0.2, 0.25) is 5.95 Å². The molecule has 1 aromatic heterocycles. The number of fused-ring (bicyclic) bond motifs is 1. The fraction of sp³-hybridized carbons (Fsp3) is 0.833. The standard InChI is InChI=1S/C12H20N4S/c1-2-15-11(13-14-12(15)17)16-8-4-6-9-5-3-7-10(9)16/h9-10H,2-8H2,1H3,(H,14,17). The molecule has 2 unspecified atom stereocenters. The summed E-state index contributed by atoms with van der Waals surface area (Å²) in [5, 5.41) is 7.38. The van der Waals surface area contributed by atoms with Crippen LogP contribution in [0, 0.1) is 10.7 Å². The fourth-order valence-electron chi connectivity index (χ4n) is 3.52. The lowest BCUT2D eigenvalue weighted by molar-refractivity contribution is 0.355. The minimum absolute atomic E-state index is 0.708. The summed E-state index contributed by atoms with van der Waals surface area (Å²) in [5.41, 5.74) is 0. The molecule has 1 aromatic rings. The number of hydrogen-bond acceptors (Lipinski definition) is 3. The molecule has 0 bridgehead atoms. The third-order valence-corrected chi connectivity index (χ3v) is 4.62. The van der Waals surface area contributed by atoms with Gasteiger partial charge in [-0.2, -0.15) is 0 Å². The average molecular weight is 252 g/mol. The van der Waals surface area contributed by atoms with Gasteiger partial charge in [-0.25, -0.2) is 5.10 Å². The van der Waals surface area contributed by atoms with Crippen molar-refractivity contribution in [1.29, 1.82) is 0 Å². The highest BCUT2D eigenvalue weighted by Crippen LogP contribution is 2.38. The van der Waals surface area contributed by atoms with Crippen molar-refractivity contribution in [2.24, 2.45) is 5.92 Å². The zero-order chi connectivity index (χ0) is 11.8. The van der Waals surface area contributed by atoms with Crippen LogP contribution in [0.4, 0.5) is 5.95 Å². The van der Waals surface area contributed by atoms with Gasteiger partial charge < -0.3 is 4.90 Å². The highest BCUT2D eigenvalue weighted by atomic mass is 32.1. The molecule has 1 N–H and O–H groups in total. The van der Waals surface area contributed by atoms with Crippen LogP contribution >= 0.6 is 12.2 Å². The van der Waals surface area contributed by atoms with Crippen molar-refractivity contribution in [3.63, 3.8) is 0 Å². The molecule has 1 aliphatic heterocycles. The Balaban J connectivity index is 1.94. The van der Waals surface area contributed by atoms with Crippen LogP contribution in [0.1, 0.15) is 39.0 Å². The van der Waals surface area contributed by atoms with E-state index in [0.29, 0.717) is 6.04 Å². The smallest absolute Gasteiger partial charge is 0.225 e. The highest BCUT2D eigenvalue weighted by Gasteiger charge is 2.36. The number of nitrogens with zero attached hydrogens (tertiary/aromatic N) is 3. The van der Waals surface area contributed by atoms with Crippen LogP contribution < -0.4 is 4.90 Å². The van der Waals surface area contributed by atoms with E-state index in [1.54, 1.807) is 0 Å².